The van der Waals surface area contributed by atoms with Crippen molar-refractivity contribution in [3.8, 4) is 27.9 Å². The minimum atomic E-state index is 0.884. The molecule has 3 heteroatoms. The Kier molecular flexibility index (Phi) is 7.54. The smallest absolute Gasteiger partial charge is 0.143 e. The second-order valence-electron chi connectivity index (χ2n) is 15.2. The SMILES string of the molecule is c1ccc(N(c2ccccc2-c2cccc3c2oc2ccccc23)c2cccc3ccc4ccccc4c23)c(-c2ccccc2-n2c3ccccc3c3ccccc32)c1. The van der Waals surface area contributed by atoms with Gasteiger partial charge >= 0.3 is 0 Å². The van der Waals surface area contributed by atoms with E-state index in [4.69, 9.17) is 4.42 Å². The second-order valence-corrected chi connectivity index (χ2v) is 15.2. The number of furan rings is 1. The third kappa shape index (κ3) is 5.15. The molecule has 0 amide bonds. The van der Waals surface area contributed by atoms with E-state index in [0.717, 1.165) is 66.9 Å². The molecule has 0 fully saturated rings. The molecule has 0 bridgehead atoms. The zero-order chi connectivity index (χ0) is 38.9. The van der Waals surface area contributed by atoms with Gasteiger partial charge in [0.05, 0.1) is 33.8 Å². The van der Waals surface area contributed by atoms with Crippen LogP contribution in [0.25, 0.3) is 93.2 Å². The lowest BCUT2D eigenvalue weighted by Gasteiger charge is -2.31. The minimum absolute atomic E-state index is 0.884. The molecule has 0 aliphatic heterocycles. The lowest BCUT2D eigenvalue weighted by Crippen LogP contribution is -2.13. The first-order chi connectivity index (χ1) is 29.3. The number of benzene rings is 10. The van der Waals surface area contributed by atoms with E-state index in [9.17, 15) is 0 Å². The summed E-state index contributed by atoms with van der Waals surface area (Å²) in [6.07, 6.45) is 0. The molecule has 2 heterocycles. The molecular weight excluding hydrogens is 717 g/mol. The van der Waals surface area contributed by atoms with Crippen molar-refractivity contribution in [2.24, 2.45) is 0 Å². The maximum Gasteiger partial charge on any atom is 0.143 e. The molecule has 0 saturated carbocycles. The Hall–Kier alpha value is -7.88. The number of nitrogens with zero attached hydrogens (tertiary/aromatic N) is 2. The van der Waals surface area contributed by atoms with Crippen LogP contribution in [0.5, 0.6) is 0 Å². The van der Waals surface area contributed by atoms with E-state index in [1.54, 1.807) is 0 Å². The van der Waals surface area contributed by atoms with Crippen molar-refractivity contribution >= 4 is 82.4 Å². The average molecular weight is 753 g/mol. The van der Waals surface area contributed by atoms with Gasteiger partial charge in [0.1, 0.15) is 11.2 Å². The Labute approximate surface area is 341 Å². The van der Waals surface area contributed by atoms with Gasteiger partial charge in [0.15, 0.2) is 0 Å². The van der Waals surface area contributed by atoms with Gasteiger partial charge in [-0.25, -0.2) is 0 Å². The fourth-order valence-corrected chi connectivity index (χ4v) is 9.45. The number of fused-ring (bicyclic) bond motifs is 9. The summed E-state index contributed by atoms with van der Waals surface area (Å²) >= 11 is 0. The van der Waals surface area contributed by atoms with Crippen LogP contribution in [-0.4, -0.2) is 4.57 Å². The van der Waals surface area contributed by atoms with Gasteiger partial charge in [-0.2, -0.15) is 0 Å². The number of aromatic nitrogens is 1. The third-order valence-electron chi connectivity index (χ3n) is 12.0. The van der Waals surface area contributed by atoms with Crippen molar-refractivity contribution in [2.75, 3.05) is 4.90 Å². The Bertz CT molecular complexity index is 3540. The van der Waals surface area contributed by atoms with Crippen LogP contribution in [0.3, 0.4) is 0 Å². The predicted octanol–water partition coefficient (Wildman–Crippen LogP) is 15.8. The number of hydrogen-bond acceptors (Lipinski definition) is 2. The lowest BCUT2D eigenvalue weighted by molar-refractivity contribution is 0.670. The van der Waals surface area contributed by atoms with Gasteiger partial charge in [0.2, 0.25) is 0 Å². The third-order valence-corrected chi connectivity index (χ3v) is 12.0. The molecule has 2 aromatic heterocycles. The zero-order valence-electron chi connectivity index (χ0n) is 32.1. The first kappa shape index (κ1) is 33.3. The molecule has 0 radical (unpaired) electrons. The normalized spacial score (nSPS) is 11.7. The van der Waals surface area contributed by atoms with Crippen molar-refractivity contribution in [3.63, 3.8) is 0 Å². The summed E-state index contributed by atoms with van der Waals surface area (Å²) in [5.74, 6) is 0. The monoisotopic (exact) mass is 752 g/mol. The molecule has 0 atom stereocenters. The van der Waals surface area contributed by atoms with Crippen LogP contribution in [-0.2, 0) is 0 Å². The average Bonchev–Trinajstić information content (AvgIpc) is 3.86. The van der Waals surface area contributed by atoms with Crippen LogP contribution < -0.4 is 4.90 Å². The highest BCUT2D eigenvalue weighted by atomic mass is 16.3. The Morgan fingerprint density at radius 2 is 0.814 bits per heavy atom. The summed E-state index contributed by atoms with van der Waals surface area (Å²) in [6, 6.07) is 78.8. The van der Waals surface area contributed by atoms with Crippen LogP contribution >= 0.6 is 0 Å². The van der Waals surface area contributed by atoms with Crippen LogP contribution in [0.15, 0.2) is 223 Å². The summed E-state index contributed by atoms with van der Waals surface area (Å²) in [6.45, 7) is 0. The first-order valence-electron chi connectivity index (χ1n) is 20.2. The van der Waals surface area contributed by atoms with Crippen LogP contribution in [0.2, 0.25) is 0 Å². The lowest BCUT2D eigenvalue weighted by atomic mass is 9.95. The topological polar surface area (TPSA) is 21.3 Å². The van der Waals surface area contributed by atoms with Crippen molar-refractivity contribution in [3.05, 3.63) is 218 Å². The van der Waals surface area contributed by atoms with E-state index < -0.39 is 0 Å². The minimum Gasteiger partial charge on any atom is -0.455 e. The highest BCUT2D eigenvalue weighted by Gasteiger charge is 2.25. The predicted molar refractivity (Wildman–Crippen MR) is 249 cm³/mol. The molecule has 0 saturated heterocycles. The fraction of sp³-hybridized carbons (Fsp3) is 0. The molecule has 59 heavy (non-hydrogen) atoms. The van der Waals surface area contributed by atoms with E-state index in [1.807, 2.05) is 6.07 Å². The molecule has 0 aliphatic rings. The van der Waals surface area contributed by atoms with Crippen molar-refractivity contribution < 1.29 is 4.42 Å². The van der Waals surface area contributed by atoms with E-state index in [1.165, 1.54) is 43.4 Å². The summed E-state index contributed by atoms with van der Waals surface area (Å²) in [7, 11) is 0. The molecule has 3 nitrogen and oxygen atoms in total. The van der Waals surface area contributed by atoms with E-state index in [-0.39, 0.29) is 0 Å². The number of para-hydroxylation sites is 7. The van der Waals surface area contributed by atoms with Crippen LogP contribution in [0, 0.1) is 0 Å². The maximum atomic E-state index is 6.71. The molecule has 276 valence electrons. The van der Waals surface area contributed by atoms with Gasteiger partial charge in [0, 0.05) is 49.2 Å². The molecule has 0 N–H and O–H groups in total. The van der Waals surface area contributed by atoms with E-state index >= 15 is 0 Å². The van der Waals surface area contributed by atoms with Crippen molar-refractivity contribution in [1.82, 2.24) is 4.57 Å². The molecule has 0 aliphatic carbocycles. The van der Waals surface area contributed by atoms with Crippen LogP contribution in [0.4, 0.5) is 17.1 Å². The maximum absolute atomic E-state index is 6.71. The molecule has 10 aromatic carbocycles. The molecule has 12 aromatic rings. The molecular formula is C56H36N2O. The van der Waals surface area contributed by atoms with Crippen LogP contribution in [0.1, 0.15) is 0 Å². The zero-order valence-corrected chi connectivity index (χ0v) is 32.1. The van der Waals surface area contributed by atoms with Gasteiger partial charge in [-0.1, -0.05) is 176 Å². The molecule has 0 spiro atoms. The van der Waals surface area contributed by atoms with Gasteiger partial charge in [-0.05, 0) is 58.6 Å². The van der Waals surface area contributed by atoms with E-state index in [0.29, 0.717) is 0 Å². The van der Waals surface area contributed by atoms with Gasteiger partial charge in [-0.15, -0.1) is 0 Å². The Morgan fingerprint density at radius 1 is 0.322 bits per heavy atom. The fourth-order valence-electron chi connectivity index (χ4n) is 9.45. The Morgan fingerprint density at radius 3 is 1.58 bits per heavy atom. The summed E-state index contributed by atoms with van der Waals surface area (Å²) in [5, 5.41) is 9.51. The van der Waals surface area contributed by atoms with E-state index in [2.05, 4.69) is 222 Å². The molecule has 0 unspecified atom stereocenters. The summed E-state index contributed by atoms with van der Waals surface area (Å²) in [4.78, 5) is 2.49. The van der Waals surface area contributed by atoms with Gasteiger partial charge < -0.3 is 13.9 Å². The molecule has 12 rings (SSSR count). The first-order valence-corrected chi connectivity index (χ1v) is 20.2. The van der Waals surface area contributed by atoms with Crippen molar-refractivity contribution in [2.45, 2.75) is 0 Å². The number of rotatable bonds is 6. The highest BCUT2D eigenvalue weighted by Crippen LogP contribution is 2.50. The van der Waals surface area contributed by atoms with Gasteiger partial charge in [0.25, 0.3) is 0 Å². The number of hydrogen-bond donors (Lipinski definition) is 0. The highest BCUT2D eigenvalue weighted by molar-refractivity contribution is 6.17. The summed E-state index contributed by atoms with van der Waals surface area (Å²) < 4.78 is 9.14. The number of anilines is 3. The Balaban J connectivity index is 1.18. The quantitative estimate of drug-likeness (QED) is 0.158. The van der Waals surface area contributed by atoms with Gasteiger partial charge in [-0.3, -0.25) is 0 Å². The largest absolute Gasteiger partial charge is 0.455 e. The summed E-state index contributed by atoms with van der Waals surface area (Å²) in [5.41, 5.74) is 12.9. The second kappa shape index (κ2) is 13.4. The standard InChI is InChI=1S/C56H36N2O/c1-2-19-39-37(17-1)35-36-38-18-15-33-53(55(38)39)58(52-32-13-7-24-44(52)46-26-16-27-47-45-25-8-14-34-54(45)59-56(46)47)51-31-12-6-23-43(51)42-22-5-11-30-50(42)57-48-28-9-3-20-40(48)41-21-4-10-29-49(41)57/h1-36H. The van der Waals surface area contributed by atoms with Crippen molar-refractivity contribution in [1.29, 1.82) is 0 Å².